The Balaban J connectivity index is 2.50. The van der Waals surface area contributed by atoms with Crippen molar-refractivity contribution in [2.45, 2.75) is 32.0 Å². The first-order chi connectivity index (χ1) is 6.24. The zero-order valence-electron chi connectivity index (χ0n) is 7.81. The van der Waals surface area contributed by atoms with Crippen molar-refractivity contribution < 1.29 is 4.39 Å². The van der Waals surface area contributed by atoms with Crippen molar-refractivity contribution in [3.8, 4) is 0 Å². The van der Waals surface area contributed by atoms with Gasteiger partial charge in [0.2, 0.25) is 0 Å². The van der Waals surface area contributed by atoms with Crippen LogP contribution >= 0.6 is 0 Å². The highest BCUT2D eigenvalue weighted by molar-refractivity contribution is 6.08. The molecule has 0 unspecified atom stereocenters. The molecule has 0 heterocycles. The van der Waals surface area contributed by atoms with Crippen LogP contribution in [-0.4, -0.2) is 7.85 Å². The maximum Gasteiger partial charge on any atom is 0.129 e. The van der Waals surface area contributed by atoms with E-state index >= 15 is 0 Å². The fourth-order valence-electron chi connectivity index (χ4n) is 1.77. The first-order valence-electron chi connectivity index (χ1n) is 4.72. The summed E-state index contributed by atoms with van der Waals surface area (Å²) >= 11 is 0. The summed E-state index contributed by atoms with van der Waals surface area (Å²) in [7, 11) is 5.45. The highest BCUT2D eigenvalue weighted by Gasteiger charge is 2.28. The second-order valence-electron chi connectivity index (χ2n) is 3.75. The molecule has 0 spiro atoms. The lowest BCUT2D eigenvalue weighted by molar-refractivity contribution is 0.598. The van der Waals surface area contributed by atoms with Crippen molar-refractivity contribution in [2.24, 2.45) is 0 Å². The average molecular weight is 174 g/mol. The molecule has 0 atom stereocenters. The molecule has 0 aliphatic heterocycles. The Morgan fingerprint density at radius 2 is 2.15 bits per heavy atom. The fourth-order valence-corrected chi connectivity index (χ4v) is 1.77. The monoisotopic (exact) mass is 174 g/mol. The van der Waals surface area contributed by atoms with Crippen LogP contribution in [0.3, 0.4) is 0 Å². The lowest BCUT2D eigenvalue weighted by Gasteiger charge is -2.09. The Morgan fingerprint density at radius 3 is 2.69 bits per heavy atom. The van der Waals surface area contributed by atoms with Crippen LogP contribution in [0.2, 0.25) is 0 Å². The molecule has 1 saturated carbocycles. The van der Waals surface area contributed by atoms with Crippen LogP contribution in [0.1, 0.15) is 35.4 Å². The van der Waals surface area contributed by atoms with Crippen molar-refractivity contribution in [1.82, 2.24) is 0 Å². The number of rotatable bonds is 2. The summed E-state index contributed by atoms with van der Waals surface area (Å²) in [6.07, 6.45) is 2.56. The molecule has 0 aromatic heterocycles. The summed E-state index contributed by atoms with van der Waals surface area (Å²) in [4.78, 5) is 0. The van der Waals surface area contributed by atoms with E-state index in [2.05, 4.69) is 0 Å². The van der Waals surface area contributed by atoms with Gasteiger partial charge in [-0.25, -0.2) is 4.39 Å². The normalized spacial score (nSPS) is 16.2. The van der Waals surface area contributed by atoms with Gasteiger partial charge in [0, 0.05) is 0 Å². The topological polar surface area (TPSA) is 0 Å². The molecule has 66 valence electrons. The zero-order chi connectivity index (χ0) is 9.42. The molecule has 1 aromatic rings. The summed E-state index contributed by atoms with van der Waals surface area (Å²) in [6, 6.07) is 3.76. The second kappa shape index (κ2) is 3.17. The van der Waals surface area contributed by atoms with E-state index in [-0.39, 0.29) is 5.82 Å². The average Bonchev–Trinajstić information content (AvgIpc) is 2.89. The molecule has 2 heteroatoms. The first-order valence-corrected chi connectivity index (χ1v) is 4.72. The van der Waals surface area contributed by atoms with Crippen LogP contribution in [-0.2, 0) is 6.32 Å². The maximum absolute atomic E-state index is 13.7. The minimum Gasteiger partial charge on any atom is -0.206 e. The van der Waals surface area contributed by atoms with Crippen molar-refractivity contribution in [1.29, 1.82) is 0 Å². The predicted molar refractivity (Wildman–Crippen MR) is 52.6 cm³/mol. The number of halogens is 1. The lowest BCUT2D eigenvalue weighted by atomic mass is 9.92. The van der Waals surface area contributed by atoms with E-state index in [0.29, 0.717) is 17.8 Å². The Bertz CT molecular complexity index is 329. The Kier molecular flexibility index (Phi) is 2.14. The standard InChI is InChI=1S/C11H12BF/c1-7-2-3-9(6-12)11(13)10(7)8-4-5-8/h2-3,8H,4-6H2,1H3. The molecule has 0 amide bonds. The highest BCUT2D eigenvalue weighted by atomic mass is 19.1. The van der Waals surface area contributed by atoms with Crippen LogP contribution in [0.4, 0.5) is 4.39 Å². The van der Waals surface area contributed by atoms with E-state index in [1.807, 2.05) is 13.0 Å². The predicted octanol–water partition coefficient (Wildman–Crippen LogP) is 2.68. The van der Waals surface area contributed by atoms with Gasteiger partial charge in [-0.05, 0) is 42.4 Å². The lowest BCUT2D eigenvalue weighted by Crippen LogP contribution is -1.98. The number of hydrogen-bond donors (Lipinski definition) is 0. The molecule has 0 bridgehead atoms. The van der Waals surface area contributed by atoms with Crippen LogP contribution < -0.4 is 0 Å². The smallest absolute Gasteiger partial charge is 0.129 e. The van der Waals surface area contributed by atoms with E-state index in [1.54, 1.807) is 6.07 Å². The van der Waals surface area contributed by atoms with Gasteiger partial charge in [0.05, 0.1) is 7.85 Å². The third-order valence-electron chi connectivity index (χ3n) is 2.68. The maximum atomic E-state index is 13.7. The molecular formula is C11H12BF. The van der Waals surface area contributed by atoms with Crippen molar-refractivity contribution in [2.75, 3.05) is 0 Å². The highest BCUT2D eigenvalue weighted by Crippen LogP contribution is 2.43. The van der Waals surface area contributed by atoms with Crippen molar-refractivity contribution in [3.05, 3.63) is 34.6 Å². The number of hydrogen-bond acceptors (Lipinski definition) is 0. The minimum atomic E-state index is -0.0648. The van der Waals surface area contributed by atoms with Gasteiger partial charge in [-0.1, -0.05) is 18.5 Å². The van der Waals surface area contributed by atoms with Gasteiger partial charge in [0.15, 0.2) is 0 Å². The zero-order valence-corrected chi connectivity index (χ0v) is 7.81. The van der Waals surface area contributed by atoms with Gasteiger partial charge >= 0.3 is 0 Å². The Morgan fingerprint density at radius 1 is 1.46 bits per heavy atom. The first kappa shape index (κ1) is 8.80. The molecule has 13 heavy (non-hydrogen) atoms. The van der Waals surface area contributed by atoms with Gasteiger partial charge in [-0.15, -0.1) is 0 Å². The van der Waals surface area contributed by atoms with Gasteiger partial charge in [-0.2, -0.15) is 0 Å². The minimum absolute atomic E-state index is 0.0648. The SMILES string of the molecule is [B]Cc1ccc(C)c(C2CC2)c1F. The second-order valence-corrected chi connectivity index (χ2v) is 3.75. The molecule has 0 N–H and O–H groups in total. The van der Waals surface area contributed by atoms with Gasteiger partial charge < -0.3 is 0 Å². The summed E-state index contributed by atoms with van der Waals surface area (Å²) in [5.74, 6) is 0.400. The quantitative estimate of drug-likeness (QED) is 0.604. The molecule has 0 nitrogen and oxygen atoms in total. The molecule has 1 fully saturated rings. The van der Waals surface area contributed by atoms with Crippen molar-refractivity contribution in [3.63, 3.8) is 0 Å². The number of benzene rings is 1. The van der Waals surface area contributed by atoms with E-state index < -0.39 is 0 Å². The third kappa shape index (κ3) is 1.50. The van der Waals surface area contributed by atoms with E-state index in [4.69, 9.17) is 7.85 Å². The van der Waals surface area contributed by atoms with E-state index in [0.717, 1.165) is 24.0 Å². The van der Waals surface area contributed by atoms with Crippen LogP contribution in [0, 0.1) is 12.7 Å². The molecule has 2 radical (unpaired) electrons. The molecule has 0 saturated heterocycles. The van der Waals surface area contributed by atoms with Gasteiger partial charge in [0.25, 0.3) is 0 Å². The van der Waals surface area contributed by atoms with Crippen LogP contribution in [0.25, 0.3) is 0 Å². The summed E-state index contributed by atoms with van der Waals surface area (Å²) in [6.45, 7) is 1.97. The summed E-state index contributed by atoms with van der Waals surface area (Å²) in [5, 5.41) is 0. The molecule has 1 aliphatic rings. The molecule has 1 aliphatic carbocycles. The van der Waals surface area contributed by atoms with Gasteiger partial charge in [-0.3, -0.25) is 0 Å². The largest absolute Gasteiger partial charge is 0.206 e. The summed E-state index contributed by atoms with van der Waals surface area (Å²) in [5.41, 5.74) is 2.62. The number of aryl methyl sites for hydroxylation is 1. The van der Waals surface area contributed by atoms with Crippen molar-refractivity contribution >= 4 is 7.85 Å². The molecular weight excluding hydrogens is 162 g/mol. The van der Waals surface area contributed by atoms with E-state index in [1.165, 1.54) is 0 Å². The van der Waals surface area contributed by atoms with Crippen LogP contribution in [0.15, 0.2) is 12.1 Å². The van der Waals surface area contributed by atoms with E-state index in [9.17, 15) is 4.39 Å². The van der Waals surface area contributed by atoms with Crippen LogP contribution in [0.5, 0.6) is 0 Å². The molecule has 2 rings (SSSR count). The fraction of sp³-hybridized carbons (Fsp3) is 0.455. The Hall–Kier alpha value is -0.785. The molecule has 1 aromatic carbocycles. The Labute approximate surface area is 79.6 Å². The third-order valence-corrected chi connectivity index (χ3v) is 2.68. The summed E-state index contributed by atoms with van der Waals surface area (Å²) < 4.78 is 13.7. The van der Waals surface area contributed by atoms with Gasteiger partial charge in [0.1, 0.15) is 5.82 Å².